The minimum atomic E-state index is -0.495. The van der Waals surface area contributed by atoms with Crippen LogP contribution in [0.1, 0.15) is 0 Å². The summed E-state index contributed by atoms with van der Waals surface area (Å²) in [6.45, 7) is 5.93. The van der Waals surface area contributed by atoms with Crippen molar-refractivity contribution in [3.8, 4) is 28.1 Å². The second-order valence-corrected chi connectivity index (χ2v) is 10.9. The average Bonchev–Trinajstić information content (AvgIpc) is 3.46. The number of hydrogen-bond acceptors (Lipinski definition) is 9. The predicted molar refractivity (Wildman–Crippen MR) is 177 cm³/mol. The van der Waals surface area contributed by atoms with Gasteiger partial charge in [-0.25, -0.2) is 9.97 Å². The molecule has 0 amide bonds. The zero-order chi connectivity index (χ0) is 31.0. The number of pyridine rings is 2. The van der Waals surface area contributed by atoms with Gasteiger partial charge in [-0.2, -0.15) is 4.39 Å². The molecule has 0 spiro atoms. The molecule has 12 heteroatoms. The number of rotatable bonds is 21. The number of aromatic nitrogens is 3. The molecule has 0 aliphatic rings. The molecular weight excluding hydrogens is 682 g/mol. The van der Waals surface area contributed by atoms with Gasteiger partial charge in [0.2, 0.25) is 5.95 Å². The van der Waals surface area contributed by atoms with E-state index in [0.717, 1.165) is 39.3 Å². The molecule has 4 rings (SSSR count). The highest BCUT2D eigenvalue weighted by Crippen LogP contribution is 2.27. The fraction of sp³-hybridized carbons (Fsp3) is 0.438. The van der Waals surface area contributed by atoms with Gasteiger partial charge in [0.1, 0.15) is 23.8 Å². The summed E-state index contributed by atoms with van der Waals surface area (Å²) in [5.74, 6) is 0.800. The topological polar surface area (TPSA) is 88.8 Å². The van der Waals surface area contributed by atoms with Crippen molar-refractivity contribution in [3.63, 3.8) is 0 Å². The number of anilines is 1. The number of alkyl halides is 1. The van der Waals surface area contributed by atoms with Crippen LogP contribution in [0.5, 0.6) is 5.75 Å². The third kappa shape index (κ3) is 10.9. The van der Waals surface area contributed by atoms with Crippen LogP contribution in [0.15, 0.2) is 60.9 Å². The van der Waals surface area contributed by atoms with E-state index in [-0.39, 0.29) is 0 Å². The lowest BCUT2D eigenvalue weighted by Gasteiger charge is -2.12. The molecule has 0 fully saturated rings. The number of benzene rings is 1. The van der Waals surface area contributed by atoms with E-state index in [0.29, 0.717) is 77.5 Å². The summed E-state index contributed by atoms with van der Waals surface area (Å²) in [4.78, 5) is 10.5. The molecule has 3 heterocycles. The summed E-state index contributed by atoms with van der Waals surface area (Å²) >= 11 is 2.28. The Morgan fingerprint density at radius 2 is 1.23 bits per heavy atom. The Hall–Kier alpha value is -2.88. The van der Waals surface area contributed by atoms with Gasteiger partial charge in [0.05, 0.1) is 78.0 Å². The first kappa shape index (κ1) is 34.0. The van der Waals surface area contributed by atoms with Gasteiger partial charge in [-0.15, -0.1) is 0 Å². The van der Waals surface area contributed by atoms with Crippen molar-refractivity contribution in [1.82, 2.24) is 14.4 Å². The third-order valence-electron chi connectivity index (χ3n) is 6.41. The third-order valence-corrected chi connectivity index (χ3v) is 6.85. The Kier molecular flexibility index (Phi) is 14.5. The average molecular weight is 723 g/mol. The van der Waals surface area contributed by atoms with Crippen LogP contribution in [-0.2, 0) is 23.7 Å². The van der Waals surface area contributed by atoms with Gasteiger partial charge in [0.15, 0.2) is 0 Å². The first-order valence-corrected chi connectivity index (χ1v) is 16.1. The largest absolute Gasteiger partial charge is 0.490 e. The molecule has 44 heavy (non-hydrogen) atoms. The van der Waals surface area contributed by atoms with Crippen LogP contribution in [0.25, 0.3) is 28.0 Å². The van der Waals surface area contributed by atoms with Crippen molar-refractivity contribution < 1.29 is 32.8 Å². The predicted octanol–water partition coefficient (Wildman–Crippen LogP) is 5.17. The summed E-state index contributed by atoms with van der Waals surface area (Å²) in [7, 11) is 3.66. The van der Waals surface area contributed by atoms with Crippen molar-refractivity contribution in [1.29, 1.82) is 0 Å². The van der Waals surface area contributed by atoms with E-state index in [1.807, 2.05) is 67.3 Å². The van der Waals surface area contributed by atoms with Gasteiger partial charge in [-0.1, -0.05) is 46.9 Å². The smallest absolute Gasteiger partial charge is 0.222 e. The SMILES string of the molecule is CN(C)c1ccc(-c2ccc(-c3cn4cc(OCCOCCOCCOCCOCCOCCI)ccc4n3)cc2)c(F)n1. The summed E-state index contributed by atoms with van der Waals surface area (Å²) in [6, 6.07) is 15.0. The molecule has 0 bridgehead atoms. The lowest BCUT2D eigenvalue weighted by molar-refractivity contribution is -0.0117. The van der Waals surface area contributed by atoms with Crippen molar-refractivity contribution in [2.24, 2.45) is 0 Å². The minimum Gasteiger partial charge on any atom is -0.490 e. The first-order chi connectivity index (χ1) is 21.5. The highest BCUT2D eigenvalue weighted by molar-refractivity contribution is 14.1. The molecule has 0 saturated carbocycles. The fourth-order valence-electron chi connectivity index (χ4n) is 4.16. The minimum absolute atomic E-state index is 0.418. The highest BCUT2D eigenvalue weighted by atomic mass is 127. The second kappa shape index (κ2) is 18.8. The summed E-state index contributed by atoms with van der Waals surface area (Å²) in [6.07, 6.45) is 3.83. The summed E-state index contributed by atoms with van der Waals surface area (Å²) in [5.41, 5.74) is 3.75. The lowest BCUT2D eigenvalue weighted by atomic mass is 10.0. The van der Waals surface area contributed by atoms with Gasteiger partial charge in [-0.3, -0.25) is 0 Å². The molecule has 0 unspecified atom stereocenters. The molecule has 0 radical (unpaired) electrons. The van der Waals surface area contributed by atoms with Crippen LogP contribution < -0.4 is 9.64 Å². The molecule has 0 N–H and O–H groups in total. The quantitative estimate of drug-likeness (QED) is 0.0501. The van der Waals surface area contributed by atoms with Gasteiger partial charge in [-0.05, 0) is 29.8 Å². The van der Waals surface area contributed by atoms with Crippen molar-refractivity contribution >= 4 is 34.1 Å². The van der Waals surface area contributed by atoms with E-state index in [1.165, 1.54) is 0 Å². The molecule has 10 nitrogen and oxygen atoms in total. The number of fused-ring (bicyclic) bond motifs is 1. The zero-order valence-corrected chi connectivity index (χ0v) is 27.4. The number of hydrogen-bond donors (Lipinski definition) is 0. The van der Waals surface area contributed by atoms with Crippen LogP contribution in [0.4, 0.5) is 10.2 Å². The van der Waals surface area contributed by atoms with E-state index in [1.54, 1.807) is 17.0 Å². The Labute approximate surface area is 271 Å². The summed E-state index contributed by atoms with van der Waals surface area (Å²) in [5, 5.41) is 0. The number of imidazole rings is 1. The molecule has 0 saturated heterocycles. The Morgan fingerprint density at radius 3 is 1.80 bits per heavy atom. The van der Waals surface area contributed by atoms with Gasteiger partial charge in [0, 0.05) is 35.8 Å². The van der Waals surface area contributed by atoms with E-state index >= 15 is 0 Å². The maximum absolute atomic E-state index is 14.6. The van der Waals surface area contributed by atoms with E-state index in [9.17, 15) is 4.39 Å². The molecule has 3 aromatic heterocycles. The van der Waals surface area contributed by atoms with Crippen LogP contribution in [0, 0.1) is 5.95 Å². The van der Waals surface area contributed by atoms with Gasteiger partial charge >= 0.3 is 0 Å². The fourth-order valence-corrected chi connectivity index (χ4v) is 4.47. The molecule has 1 aromatic carbocycles. The van der Waals surface area contributed by atoms with Gasteiger partial charge in [0.25, 0.3) is 0 Å². The van der Waals surface area contributed by atoms with Crippen molar-refractivity contribution in [3.05, 3.63) is 66.9 Å². The molecule has 0 aliphatic heterocycles. The molecule has 4 aromatic rings. The van der Waals surface area contributed by atoms with Crippen LogP contribution in [-0.4, -0.2) is 106 Å². The van der Waals surface area contributed by atoms with Crippen LogP contribution >= 0.6 is 22.6 Å². The maximum atomic E-state index is 14.6. The molecular formula is C32H40FIN4O6. The molecule has 238 valence electrons. The Balaban J connectivity index is 1.11. The van der Waals surface area contributed by atoms with E-state index in [2.05, 4.69) is 27.6 Å². The first-order valence-electron chi connectivity index (χ1n) is 14.6. The van der Waals surface area contributed by atoms with Crippen molar-refractivity contribution in [2.75, 3.05) is 96.1 Å². The van der Waals surface area contributed by atoms with Gasteiger partial charge < -0.3 is 37.7 Å². The van der Waals surface area contributed by atoms with E-state index in [4.69, 9.17) is 33.4 Å². The maximum Gasteiger partial charge on any atom is 0.222 e. The second-order valence-electron chi connectivity index (χ2n) is 9.84. The number of halogens is 2. The van der Waals surface area contributed by atoms with E-state index < -0.39 is 5.95 Å². The highest BCUT2D eigenvalue weighted by Gasteiger charge is 2.11. The number of nitrogens with zero attached hydrogens (tertiary/aromatic N) is 4. The monoisotopic (exact) mass is 722 g/mol. The Morgan fingerprint density at radius 1 is 0.659 bits per heavy atom. The Bertz CT molecular complexity index is 1410. The number of ether oxygens (including phenoxy) is 6. The normalized spacial score (nSPS) is 11.4. The summed E-state index contributed by atoms with van der Waals surface area (Å²) < 4.78 is 50.7. The van der Waals surface area contributed by atoms with Crippen molar-refractivity contribution in [2.45, 2.75) is 0 Å². The van der Waals surface area contributed by atoms with Crippen LogP contribution in [0.3, 0.4) is 0 Å². The zero-order valence-electron chi connectivity index (χ0n) is 25.3. The standard InChI is InChI=1S/C32H40FIN4O6/c1-37(2)30-10-8-28(32(33)36-30)25-3-5-26(6-4-25)29-24-38-23-27(7-9-31(38)35-29)44-22-21-43-20-19-42-18-17-41-16-15-40-14-13-39-12-11-34/h3-10,23-24H,11-22H2,1-2H3. The molecule has 0 atom stereocenters. The molecule has 0 aliphatic carbocycles. The lowest BCUT2D eigenvalue weighted by Crippen LogP contribution is -2.14. The van der Waals surface area contributed by atoms with Crippen LogP contribution in [0.2, 0.25) is 0 Å².